The number of likely N-dealkylation sites (tertiary alicyclic amines) is 1. The molecule has 1 unspecified atom stereocenters. The number of hydrogen-bond acceptors (Lipinski definition) is 5. The van der Waals surface area contributed by atoms with Crippen LogP contribution in [0.4, 0.5) is 0 Å². The van der Waals surface area contributed by atoms with Crippen LogP contribution in [0.3, 0.4) is 0 Å². The smallest absolute Gasteiger partial charge is 0.276 e. The minimum absolute atomic E-state index is 0.0915. The van der Waals surface area contributed by atoms with Crippen molar-refractivity contribution in [2.24, 2.45) is 5.92 Å². The zero-order chi connectivity index (χ0) is 21.5. The summed E-state index contributed by atoms with van der Waals surface area (Å²) in [5, 5.41) is 8.19. The second kappa shape index (κ2) is 10.2. The highest BCUT2D eigenvalue weighted by Gasteiger charge is 2.25. The molecular weight excluding hydrogens is 382 g/mol. The summed E-state index contributed by atoms with van der Waals surface area (Å²) in [6, 6.07) is 7.62. The van der Waals surface area contributed by atoms with Gasteiger partial charge in [-0.3, -0.25) is 14.3 Å². The molecule has 8 heteroatoms. The molecule has 1 aliphatic rings. The monoisotopic (exact) mass is 413 g/mol. The van der Waals surface area contributed by atoms with Gasteiger partial charge in [0.15, 0.2) is 5.69 Å². The van der Waals surface area contributed by atoms with Gasteiger partial charge in [-0.1, -0.05) is 17.3 Å². The van der Waals surface area contributed by atoms with Crippen LogP contribution < -0.4 is 4.74 Å². The fourth-order valence-electron chi connectivity index (χ4n) is 3.89. The molecule has 0 bridgehead atoms. The fraction of sp³-hybridized carbons (Fsp3) is 0.545. The molecule has 0 radical (unpaired) electrons. The van der Waals surface area contributed by atoms with Gasteiger partial charge < -0.3 is 14.5 Å². The van der Waals surface area contributed by atoms with Crippen molar-refractivity contribution >= 4 is 11.8 Å². The Morgan fingerprint density at radius 3 is 2.60 bits per heavy atom. The lowest BCUT2D eigenvalue weighted by atomic mass is 9.97. The summed E-state index contributed by atoms with van der Waals surface area (Å²) >= 11 is 0. The van der Waals surface area contributed by atoms with E-state index in [1.807, 2.05) is 43.0 Å². The van der Waals surface area contributed by atoms with E-state index in [1.54, 1.807) is 22.9 Å². The number of amides is 2. The lowest BCUT2D eigenvalue weighted by Crippen LogP contribution is -2.41. The third-order valence-electron chi connectivity index (χ3n) is 5.64. The molecule has 0 spiro atoms. The molecule has 1 atom stereocenters. The van der Waals surface area contributed by atoms with Crippen LogP contribution in [0, 0.1) is 5.92 Å². The summed E-state index contributed by atoms with van der Waals surface area (Å²) in [5.41, 5.74) is 1.36. The molecule has 1 fully saturated rings. The Kier molecular flexibility index (Phi) is 7.43. The van der Waals surface area contributed by atoms with E-state index in [4.69, 9.17) is 4.74 Å². The van der Waals surface area contributed by atoms with E-state index in [-0.39, 0.29) is 11.8 Å². The molecule has 2 heterocycles. The quantitative estimate of drug-likeness (QED) is 0.663. The lowest BCUT2D eigenvalue weighted by Gasteiger charge is -2.32. The highest BCUT2D eigenvalue weighted by molar-refractivity contribution is 5.91. The molecule has 0 saturated carbocycles. The van der Waals surface area contributed by atoms with Crippen LogP contribution in [0.5, 0.6) is 5.75 Å². The minimum atomic E-state index is -0.0915. The van der Waals surface area contributed by atoms with Crippen molar-refractivity contribution in [2.45, 2.75) is 39.7 Å². The third kappa shape index (κ3) is 5.37. The lowest BCUT2D eigenvalue weighted by molar-refractivity contribution is -0.132. The maximum Gasteiger partial charge on any atom is 0.276 e. The fourth-order valence-corrected chi connectivity index (χ4v) is 3.89. The Hall–Kier alpha value is -2.90. The number of carbonyl (C=O) groups excluding carboxylic acids is 2. The molecule has 3 rings (SSSR count). The van der Waals surface area contributed by atoms with Crippen molar-refractivity contribution in [3.8, 4) is 5.75 Å². The van der Waals surface area contributed by atoms with Gasteiger partial charge in [-0.15, -0.1) is 5.10 Å². The van der Waals surface area contributed by atoms with Crippen molar-refractivity contribution in [3.05, 3.63) is 41.7 Å². The zero-order valence-electron chi connectivity index (χ0n) is 18.1. The van der Waals surface area contributed by atoms with Crippen molar-refractivity contribution in [3.63, 3.8) is 0 Å². The van der Waals surface area contributed by atoms with Crippen molar-refractivity contribution in [1.82, 2.24) is 24.8 Å². The summed E-state index contributed by atoms with van der Waals surface area (Å²) in [7, 11) is 1.63. The van der Waals surface area contributed by atoms with Gasteiger partial charge in [0.05, 0.1) is 19.7 Å². The van der Waals surface area contributed by atoms with Gasteiger partial charge >= 0.3 is 0 Å². The first kappa shape index (κ1) is 21.8. The molecule has 8 nitrogen and oxygen atoms in total. The second-order valence-corrected chi connectivity index (χ2v) is 7.68. The van der Waals surface area contributed by atoms with Crippen LogP contribution in [-0.2, 0) is 17.8 Å². The van der Waals surface area contributed by atoms with Crippen molar-refractivity contribution in [1.29, 1.82) is 0 Å². The predicted octanol–water partition coefficient (Wildman–Crippen LogP) is 2.25. The number of aromatic nitrogens is 3. The SMILES string of the molecule is CCN(CC)C(=O)c1cn(CC2CCCN(C(=O)Cc3ccc(OC)cc3)C2)nn1. The van der Waals surface area contributed by atoms with Gasteiger partial charge in [-0.25, -0.2) is 0 Å². The summed E-state index contributed by atoms with van der Waals surface area (Å²) in [6.07, 6.45) is 4.12. The number of nitrogens with zero attached hydrogens (tertiary/aromatic N) is 5. The van der Waals surface area contributed by atoms with Gasteiger partial charge in [-0.2, -0.15) is 0 Å². The highest BCUT2D eigenvalue weighted by atomic mass is 16.5. The summed E-state index contributed by atoms with van der Waals surface area (Å²) in [5.74, 6) is 1.14. The van der Waals surface area contributed by atoms with Gasteiger partial charge in [0.1, 0.15) is 5.75 Å². The molecule has 0 aliphatic carbocycles. The van der Waals surface area contributed by atoms with Gasteiger partial charge in [0, 0.05) is 32.7 Å². The van der Waals surface area contributed by atoms with Crippen LogP contribution in [-0.4, -0.2) is 69.9 Å². The first-order chi connectivity index (χ1) is 14.5. The zero-order valence-corrected chi connectivity index (χ0v) is 18.1. The molecule has 0 N–H and O–H groups in total. The summed E-state index contributed by atoms with van der Waals surface area (Å²) < 4.78 is 6.91. The predicted molar refractivity (Wildman–Crippen MR) is 113 cm³/mol. The van der Waals surface area contributed by atoms with E-state index in [0.717, 1.165) is 30.7 Å². The van der Waals surface area contributed by atoms with Crippen LogP contribution >= 0.6 is 0 Å². The van der Waals surface area contributed by atoms with Crippen LogP contribution in [0.2, 0.25) is 0 Å². The number of hydrogen-bond donors (Lipinski definition) is 0. The van der Waals surface area contributed by atoms with E-state index in [2.05, 4.69) is 10.3 Å². The minimum Gasteiger partial charge on any atom is -0.497 e. The molecule has 1 saturated heterocycles. The average molecular weight is 414 g/mol. The van der Waals surface area contributed by atoms with Crippen molar-refractivity contribution in [2.75, 3.05) is 33.3 Å². The van der Waals surface area contributed by atoms with E-state index in [0.29, 0.717) is 44.2 Å². The third-order valence-corrected chi connectivity index (χ3v) is 5.64. The van der Waals surface area contributed by atoms with Crippen molar-refractivity contribution < 1.29 is 14.3 Å². The topological polar surface area (TPSA) is 80.6 Å². The second-order valence-electron chi connectivity index (χ2n) is 7.68. The van der Waals surface area contributed by atoms with E-state index in [9.17, 15) is 9.59 Å². The largest absolute Gasteiger partial charge is 0.497 e. The van der Waals surface area contributed by atoms with E-state index in [1.165, 1.54) is 0 Å². The molecule has 30 heavy (non-hydrogen) atoms. The Bertz CT molecular complexity index is 845. The molecule has 1 aliphatic heterocycles. The van der Waals surface area contributed by atoms with Crippen LogP contribution in [0.25, 0.3) is 0 Å². The van der Waals surface area contributed by atoms with Gasteiger partial charge in [0.25, 0.3) is 5.91 Å². The molecule has 2 amide bonds. The summed E-state index contributed by atoms with van der Waals surface area (Å²) in [4.78, 5) is 28.9. The standard InChI is InChI=1S/C22H31N5O3/c1-4-25(5-2)22(29)20-16-27(24-23-20)15-18-7-6-12-26(14-18)21(28)13-17-8-10-19(30-3)11-9-17/h8-11,16,18H,4-7,12-15H2,1-3H3. The van der Waals surface area contributed by atoms with Gasteiger partial charge in [-0.05, 0) is 50.3 Å². The molecular formula is C22H31N5O3. The van der Waals surface area contributed by atoms with Crippen LogP contribution in [0.1, 0.15) is 42.7 Å². The Morgan fingerprint density at radius 2 is 1.93 bits per heavy atom. The highest BCUT2D eigenvalue weighted by Crippen LogP contribution is 2.20. The Labute approximate surface area is 177 Å². The van der Waals surface area contributed by atoms with Gasteiger partial charge in [0.2, 0.25) is 5.91 Å². The number of rotatable bonds is 8. The maximum atomic E-state index is 12.8. The molecule has 162 valence electrons. The number of piperidine rings is 1. The first-order valence-electron chi connectivity index (χ1n) is 10.6. The number of benzene rings is 1. The number of methoxy groups -OCH3 is 1. The Balaban J connectivity index is 1.55. The average Bonchev–Trinajstić information content (AvgIpc) is 3.23. The Morgan fingerprint density at radius 1 is 1.20 bits per heavy atom. The van der Waals surface area contributed by atoms with E-state index < -0.39 is 0 Å². The summed E-state index contributed by atoms with van der Waals surface area (Å²) in [6.45, 7) is 7.34. The molecule has 1 aromatic heterocycles. The number of ether oxygens (including phenoxy) is 1. The molecule has 2 aromatic rings. The number of carbonyl (C=O) groups is 2. The molecule has 1 aromatic carbocycles. The van der Waals surface area contributed by atoms with E-state index >= 15 is 0 Å². The van der Waals surface area contributed by atoms with Crippen LogP contribution in [0.15, 0.2) is 30.5 Å². The normalized spacial score (nSPS) is 16.4. The first-order valence-corrected chi connectivity index (χ1v) is 10.6. The maximum absolute atomic E-state index is 12.8.